The van der Waals surface area contributed by atoms with Crippen LogP contribution in [0, 0.1) is 6.92 Å². The lowest BCUT2D eigenvalue weighted by Crippen LogP contribution is -2.05. The third-order valence-corrected chi connectivity index (χ3v) is 3.32. The van der Waals surface area contributed by atoms with Crippen molar-refractivity contribution in [3.8, 4) is 0 Å². The topological polar surface area (TPSA) is 12.0 Å². The molecule has 1 nitrogen and oxygen atoms in total. The van der Waals surface area contributed by atoms with Crippen LogP contribution in [0.3, 0.4) is 0 Å². The molecule has 0 aliphatic rings. The fraction of sp³-hybridized carbons (Fsp3) is 0.625. The van der Waals surface area contributed by atoms with Gasteiger partial charge in [-0.1, -0.05) is 57.7 Å². The molecule has 0 radical (unpaired) electrons. The standard InChI is InChI=1S/C16H27N/c1-4-6-7-8-9-13-17-16-14(3)11-10-12-15(16)5-2/h10-12,17H,4-9,13H2,1-3H3. The van der Waals surface area contributed by atoms with Crippen LogP contribution in [0.1, 0.15) is 57.1 Å². The Kier molecular flexibility index (Phi) is 6.76. The zero-order valence-corrected chi connectivity index (χ0v) is 11.7. The molecule has 1 rings (SSSR count). The average Bonchev–Trinajstić information content (AvgIpc) is 2.35. The van der Waals surface area contributed by atoms with Gasteiger partial charge < -0.3 is 5.32 Å². The number of benzene rings is 1. The van der Waals surface area contributed by atoms with E-state index >= 15 is 0 Å². The zero-order chi connectivity index (χ0) is 12.5. The summed E-state index contributed by atoms with van der Waals surface area (Å²) in [4.78, 5) is 0. The molecule has 1 N–H and O–H groups in total. The molecule has 96 valence electrons. The molecule has 0 spiro atoms. The van der Waals surface area contributed by atoms with Crippen molar-refractivity contribution in [1.82, 2.24) is 0 Å². The van der Waals surface area contributed by atoms with Crippen molar-refractivity contribution in [2.45, 2.75) is 59.3 Å². The quantitative estimate of drug-likeness (QED) is 0.627. The number of hydrogen-bond donors (Lipinski definition) is 1. The SMILES string of the molecule is CCCCCCCNc1c(C)cccc1CC. The first-order valence-corrected chi connectivity index (χ1v) is 7.12. The van der Waals surface area contributed by atoms with E-state index in [9.17, 15) is 0 Å². The number of aryl methyl sites for hydroxylation is 2. The second-order valence-corrected chi connectivity index (χ2v) is 4.80. The van der Waals surface area contributed by atoms with Gasteiger partial charge in [0, 0.05) is 12.2 Å². The summed E-state index contributed by atoms with van der Waals surface area (Å²) in [6, 6.07) is 6.57. The van der Waals surface area contributed by atoms with Crippen LogP contribution in [0.25, 0.3) is 0 Å². The largest absolute Gasteiger partial charge is 0.385 e. The van der Waals surface area contributed by atoms with Crippen molar-refractivity contribution >= 4 is 5.69 Å². The monoisotopic (exact) mass is 233 g/mol. The van der Waals surface area contributed by atoms with Crippen LogP contribution in [-0.4, -0.2) is 6.54 Å². The maximum absolute atomic E-state index is 3.61. The number of hydrogen-bond acceptors (Lipinski definition) is 1. The Hall–Kier alpha value is -0.980. The predicted molar refractivity (Wildman–Crippen MR) is 77.8 cm³/mol. The maximum atomic E-state index is 3.61. The minimum absolute atomic E-state index is 1.11. The lowest BCUT2D eigenvalue weighted by atomic mass is 10.1. The Balaban J connectivity index is 2.35. The van der Waals surface area contributed by atoms with E-state index in [0.717, 1.165) is 13.0 Å². The van der Waals surface area contributed by atoms with E-state index in [4.69, 9.17) is 0 Å². The van der Waals surface area contributed by atoms with Crippen LogP contribution in [0.2, 0.25) is 0 Å². The average molecular weight is 233 g/mol. The van der Waals surface area contributed by atoms with Gasteiger partial charge in [0.2, 0.25) is 0 Å². The molecule has 0 amide bonds. The Labute approximate surface area is 107 Å². The van der Waals surface area contributed by atoms with Gasteiger partial charge in [0.1, 0.15) is 0 Å². The molecule has 1 heteroatoms. The van der Waals surface area contributed by atoms with E-state index in [1.807, 2.05) is 0 Å². The molecule has 0 aliphatic heterocycles. The summed E-state index contributed by atoms with van der Waals surface area (Å²) in [7, 11) is 0. The second-order valence-electron chi connectivity index (χ2n) is 4.80. The summed E-state index contributed by atoms with van der Waals surface area (Å²) in [6.07, 6.45) is 7.84. The number of rotatable bonds is 8. The summed E-state index contributed by atoms with van der Waals surface area (Å²) in [5.74, 6) is 0. The van der Waals surface area contributed by atoms with Crippen LogP contribution in [-0.2, 0) is 6.42 Å². The number of unbranched alkanes of at least 4 members (excludes halogenated alkanes) is 4. The summed E-state index contributed by atoms with van der Waals surface area (Å²) in [6.45, 7) is 7.79. The van der Waals surface area contributed by atoms with Crippen LogP contribution < -0.4 is 5.32 Å². The van der Waals surface area contributed by atoms with E-state index in [2.05, 4.69) is 44.3 Å². The van der Waals surface area contributed by atoms with E-state index < -0.39 is 0 Å². The third-order valence-electron chi connectivity index (χ3n) is 3.32. The zero-order valence-electron chi connectivity index (χ0n) is 11.7. The Morgan fingerprint density at radius 1 is 1.00 bits per heavy atom. The lowest BCUT2D eigenvalue weighted by Gasteiger charge is -2.13. The highest BCUT2D eigenvalue weighted by Crippen LogP contribution is 2.21. The molecule has 0 aliphatic carbocycles. The van der Waals surface area contributed by atoms with Gasteiger partial charge in [-0.25, -0.2) is 0 Å². The molecule has 0 unspecified atom stereocenters. The first-order chi connectivity index (χ1) is 8.29. The highest BCUT2D eigenvalue weighted by molar-refractivity contribution is 5.57. The first kappa shape index (κ1) is 14.1. The smallest absolute Gasteiger partial charge is 0.0402 e. The van der Waals surface area contributed by atoms with Crippen LogP contribution in [0.5, 0.6) is 0 Å². The molecule has 0 bridgehead atoms. The summed E-state index contributed by atoms with van der Waals surface area (Å²) in [5, 5.41) is 3.61. The molecule has 1 aromatic carbocycles. The molecule has 0 saturated heterocycles. The highest BCUT2D eigenvalue weighted by atomic mass is 14.9. The Morgan fingerprint density at radius 2 is 1.76 bits per heavy atom. The summed E-state index contributed by atoms with van der Waals surface area (Å²) < 4.78 is 0. The molecule has 0 fully saturated rings. The number of para-hydroxylation sites is 1. The van der Waals surface area contributed by atoms with Crippen molar-refractivity contribution in [3.63, 3.8) is 0 Å². The van der Waals surface area contributed by atoms with E-state index in [1.165, 1.54) is 48.9 Å². The second kappa shape index (κ2) is 8.16. The van der Waals surface area contributed by atoms with Crippen molar-refractivity contribution in [2.24, 2.45) is 0 Å². The maximum Gasteiger partial charge on any atom is 0.0402 e. The minimum atomic E-state index is 1.11. The van der Waals surface area contributed by atoms with Crippen molar-refractivity contribution in [1.29, 1.82) is 0 Å². The van der Waals surface area contributed by atoms with Crippen molar-refractivity contribution < 1.29 is 0 Å². The summed E-state index contributed by atoms with van der Waals surface area (Å²) >= 11 is 0. The van der Waals surface area contributed by atoms with Gasteiger partial charge >= 0.3 is 0 Å². The Morgan fingerprint density at radius 3 is 2.47 bits per heavy atom. The summed E-state index contributed by atoms with van der Waals surface area (Å²) in [5.41, 5.74) is 4.18. The van der Waals surface area contributed by atoms with Gasteiger partial charge in [0.25, 0.3) is 0 Å². The first-order valence-electron chi connectivity index (χ1n) is 7.12. The molecule has 0 atom stereocenters. The van der Waals surface area contributed by atoms with Gasteiger partial charge in [-0.3, -0.25) is 0 Å². The minimum Gasteiger partial charge on any atom is -0.385 e. The molecule has 0 aromatic heterocycles. The molecular weight excluding hydrogens is 206 g/mol. The van der Waals surface area contributed by atoms with Crippen molar-refractivity contribution in [2.75, 3.05) is 11.9 Å². The van der Waals surface area contributed by atoms with Crippen LogP contribution in [0.15, 0.2) is 18.2 Å². The Bertz CT molecular complexity index is 317. The molecular formula is C16H27N. The van der Waals surface area contributed by atoms with Crippen LogP contribution in [0.4, 0.5) is 5.69 Å². The van der Waals surface area contributed by atoms with Gasteiger partial charge in [0.15, 0.2) is 0 Å². The van der Waals surface area contributed by atoms with Gasteiger partial charge in [0.05, 0.1) is 0 Å². The fourth-order valence-electron chi connectivity index (χ4n) is 2.22. The van der Waals surface area contributed by atoms with Crippen LogP contribution >= 0.6 is 0 Å². The molecule has 17 heavy (non-hydrogen) atoms. The highest BCUT2D eigenvalue weighted by Gasteiger charge is 2.02. The molecule has 0 saturated carbocycles. The molecule has 0 heterocycles. The van der Waals surface area contributed by atoms with Crippen molar-refractivity contribution in [3.05, 3.63) is 29.3 Å². The fourth-order valence-corrected chi connectivity index (χ4v) is 2.22. The lowest BCUT2D eigenvalue weighted by molar-refractivity contribution is 0.645. The van der Waals surface area contributed by atoms with E-state index in [0.29, 0.717) is 0 Å². The van der Waals surface area contributed by atoms with Gasteiger partial charge in [-0.05, 0) is 30.9 Å². The number of nitrogens with one attached hydrogen (secondary N) is 1. The number of anilines is 1. The molecule has 1 aromatic rings. The predicted octanol–water partition coefficient (Wildman–Crippen LogP) is 4.94. The van der Waals surface area contributed by atoms with Gasteiger partial charge in [-0.2, -0.15) is 0 Å². The van der Waals surface area contributed by atoms with E-state index in [1.54, 1.807) is 0 Å². The van der Waals surface area contributed by atoms with E-state index in [-0.39, 0.29) is 0 Å². The normalized spacial score (nSPS) is 10.5. The third kappa shape index (κ3) is 4.80. The van der Waals surface area contributed by atoms with Gasteiger partial charge in [-0.15, -0.1) is 0 Å².